The van der Waals surface area contributed by atoms with Crippen LogP contribution in [0.3, 0.4) is 0 Å². The van der Waals surface area contributed by atoms with Crippen LogP contribution in [0.5, 0.6) is 0 Å². The lowest BCUT2D eigenvalue weighted by molar-refractivity contribution is -0.122. The first-order valence-corrected chi connectivity index (χ1v) is 12.6. The number of thioether (sulfide) groups is 1. The molecule has 0 radical (unpaired) electrons. The number of hydrogen-bond donors (Lipinski definition) is 1. The van der Waals surface area contributed by atoms with Gasteiger partial charge in [-0.15, -0.1) is 10.2 Å². The van der Waals surface area contributed by atoms with Gasteiger partial charge in [0.05, 0.1) is 18.6 Å². The van der Waals surface area contributed by atoms with Gasteiger partial charge in [0.1, 0.15) is 0 Å². The van der Waals surface area contributed by atoms with Crippen molar-refractivity contribution in [2.75, 3.05) is 5.75 Å². The highest BCUT2D eigenvalue weighted by atomic mass is 32.2. The molecule has 0 aliphatic heterocycles. The Morgan fingerprint density at radius 1 is 1.00 bits per heavy atom. The Morgan fingerprint density at radius 2 is 1.75 bits per heavy atom. The fourth-order valence-electron chi connectivity index (χ4n) is 6.41. The van der Waals surface area contributed by atoms with Gasteiger partial charge >= 0.3 is 0 Å². The van der Waals surface area contributed by atoms with Crippen molar-refractivity contribution >= 4 is 17.7 Å². The molecule has 0 saturated heterocycles. The van der Waals surface area contributed by atoms with Crippen molar-refractivity contribution in [2.45, 2.75) is 49.8 Å². The molecule has 4 fully saturated rings. The molecule has 7 rings (SSSR count). The predicted octanol–water partition coefficient (Wildman–Crippen LogP) is 4.62. The van der Waals surface area contributed by atoms with Crippen molar-refractivity contribution in [1.29, 1.82) is 0 Å². The summed E-state index contributed by atoms with van der Waals surface area (Å²) >= 11 is 1.45. The third kappa shape index (κ3) is 3.87. The number of aromatic nitrogens is 3. The third-order valence-electron chi connectivity index (χ3n) is 7.53. The number of amides is 1. The van der Waals surface area contributed by atoms with Crippen LogP contribution in [-0.2, 0) is 11.3 Å². The van der Waals surface area contributed by atoms with Crippen LogP contribution >= 0.6 is 11.8 Å². The van der Waals surface area contributed by atoms with Gasteiger partial charge in [-0.2, -0.15) is 0 Å². The molecule has 4 aliphatic rings. The van der Waals surface area contributed by atoms with Crippen molar-refractivity contribution in [3.05, 3.63) is 54.3 Å². The topological polar surface area (TPSA) is 73.0 Å². The Morgan fingerprint density at radius 3 is 2.44 bits per heavy atom. The molecule has 3 aromatic rings. The second-order valence-corrected chi connectivity index (χ2v) is 10.6. The average molecular weight is 449 g/mol. The van der Waals surface area contributed by atoms with Crippen molar-refractivity contribution in [3.8, 4) is 11.6 Å². The molecule has 1 amide bonds. The fraction of sp³-hybridized carbons (Fsp3) is 0.480. The van der Waals surface area contributed by atoms with Crippen molar-refractivity contribution in [3.63, 3.8) is 0 Å². The molecule has 0 atom stereocenters. The Bertz CT molecular complexity index is 1050. The summed E-state index contributed by atoms with van der Waals surface area (Å²) in [6.45, 7) is 0.628. The quantitative estimate of drug-likeness (QED) is 0.534. The molecular formula is C25H28N4O2S. The highest BCUT2D eigenvalue weighted by molar-refractivity contribution is 7.99. The summed E-state index contributed by atoms with van der Waals surface area (Å²) < 4.78 is 7.62. The first-order valence-electron chi connectivity index (χ1n) is 11.7. The van der Waals surface area contributed by atoms with E-state index < -0.39 is 0 Å². The van der Waals surface area contributed by atoms with Gasteiger partial charge in [-0.1, -0.05) is 42.1 Å². The summed E-state index contributed by atoms with van der Waals surface area (Å²) in [6, 6.07) is 14.3. The second-order valence-electron chi connectivity index (χ2n) is 9.67. The summed E-state index contributed by atoms with van der Waals surface area (Å²) in [5.74, 6) is 5.03. The number of carbonyl (C=O) groups is 1. The van der Waals surface area contributed by atoms with Crippen LogP contribution in [0.2, 0.25) is 0 Å². The lowest BCUT2D eigenvalue weighted by Gasteiger charge is -2.54. The van der Waals surface area contributed by atoms with Crippen LogP contribution in [0.4, 0.5) is 0 Å². The van der Waals surface area contributed by atoms with Gasteiger partial charge in [0, 0.05) is 6.04 Å². The summed E-state index contributed by atoms with van der Waals surface area (Å²) in [5, 5.41) is 12.9. The van der Waals surface area contributed by atoms with E-state index in [9.17, 15) is 4.79 Å². The van der Waals surface area contributed by atoms with Crippen molar-refractivity contribution < 1.29 is 9.21 Å². The molecule has 4 saturated carbocycles. The zero-order valence-corrected chi connectivity index (χ0v) is 18.8. The minimum Gasteiger partial charge on any atom is -0.461 e. The first kappa shape index (κ1) is 20.1. The number of furan rings is 1. The largest absolute Gasteiger partial charge is 0.461 e. The predicted molar refractivity (Wildman–Crippen MR) is 123 cm³/mol. The summed E-state index contributed by atoms with van der Waals surface area (Å²) in [5.41, 5.74) is 1.15. The number of nitrogens with one attached hydrogen (secondary N) is 1. The van der Waals surface area contributed by atoms with Crippen LogP contribution < -0.4 is 5.32 Å². The zero-order valence-electron chi connectivity index (χ0n) is 18.0. The van der Waals surface area contributed by atoms with Crippen LogP contribution in [-0.4, -0.2) is 32.5 Å². The van der Waals surface area contributed by atoms with Crippen LogP contribution in [0.15, 0.2) is 58.3 Å². The normalized spacial score (nSPS) is 28.2. The maximum absolute atomic E-state index is 12.9. The molecule has 2 aromatic heterocycles. The Balaban J connectivity index is 1.15. The number of benzene rings is 1. The summed E-state index contributed by atoms with van der Waals surface area (Å²) in [7, 11) is 0. The molecule has 6 nitrogen and oxygen atoms in total. The smallest absolute Gasteiger partial charge is 0.230 e. The lowest BCUT2D eigenvalue weighted by atomic mass is 9.54. The minimum absolute atomic E-state index is 0.112. The van der Waals surface area contributed by atoms with Gasteiger partial charge in [-0.25, -0.2) is 0 Å². The molecule has 0 unspecified atom stereocenters. The van der Waals surface area contributed by atoms with E-state index in [1.807, 2.05) is 34.9 Å². The van der Waals surface area contributed by atoms with Gasteiger partial charge in [0.2, 0.25) is 11.7 Å². The SMILES string of the molecule is O=C(CSc1nnc(-c2ccco2)n1Cc1ccccc1)NC1C2CC3CC(C2)CC1C3. The highest BCUT2D eigenvalue weighted by Gasteiger charge is 2.48. The Hall–Kier alpha value is -2.54. The van der Waals surface area contributed by atoms with E-state index in [4.69, 9.17) is 4.42 Å². The highest BCUT2D eigenvalue weighted by Crippen LogP contribution is 2.53. The number of nitrogens with zero attached hydrogens (tertiary/aromatic N) is 3. The monoisotopic (exact) mass is 448 g/mol. The maximum atomic E-state index is 12.9. The van der Waals surface area contributed by atoms with E-state index in [-0.39, 0.29) is 5.91 Å². The molecule has 1 N–H and O–H groups in total. The van der Waals surface area contributed by atoms with Gasteiger partial charge in [0.25, 0.3) is 0 Å². The van der Waals surface area contributed by atoms with Gasteiger partial charge in [-0.05, 0) is 73.5 Å². The van der Waals surface area contributed by atoms with E-state index in [2.05, 4.69) is 27.6 Å². The lowest BCUT2D eigenvalue weighted by Crippen LogP contribution is -2.56. The van der Waals surface area contributed by atoms with E-state index in [0.717, 1.165) is 22.6 Å². The Kier molecular flexibility index (Phi) is 5.29. The van der Waals surface area contributed by atoms with E-state index in [0.29, 0.717) is 41.8 Å². The molecule has 2 heterocycles. The molecule has 32 heavy (non-hydrogen) atoms. The minimum atomic E-state index is 0.112. The number of hydrogen-bond acceptors (Lipinski definition) is 5. The third-order valence-corrected chi connectivity index (χ3v) is 8.50. The molecule has 4 aliphatic carbocycles. The van der Waals surface area contributed by atoms with Crippen LogP contribution in [0, 0.1) is 23.7 Å². The van der Waals surface area contributed by atoms with E-state index >= 15 is 0 Å². The molecule has 4 bridgehead atoms. The van der Waals surface area contributed by atoms with Crippen LogP contribution in [0.1, 0.15) is 37.7 Å². The Labute approximate surface area is 192 Å². The molecule has 1 aromatic carbocycles. The number of rotatable bonds is 7. The molecule has 0 spiro atoms. The molecule has 166 valence electrons. The standard InChI is InChI=1S/C25H28N4O2S/c30-22(26-23-19-10-17-9-18(12-19)13-20(23)11-17)15-32-25-28-27-24(21-7-4-8-31-21)29(25)14-16-5-2-1-3-6-16/h1-8,17-20,23H,9-15H2,(H,26,30). The first-order chi connectivity index (χ1) is 15.7. The van der Waals surface area contributed by atoms with Crippen LogP contribution in [0.25, 0.3) is 11.6 Å². The second kappa shape index (κ2) is 8.43. The fourth-order valence-corrected chi connectivity index (χ4v) is 7.16. The van der Waals surface area contributed by atoms with Gasteiger partial charge in [-0.3, -0.25) is 9.36 Å². The van der Waals surface area contributed by atoms with E-state index in [1.54, 1.807) is 6.26 Å². The van der Waals surface area contributed by atoms with Gasteiger partial charge < -0.3 is 9.73 Å². The zero-order chi connectivity index (χ0) is 21.5. The van der Waals surface area contributed by atoms with Crippen molar-refractivity contribution in [1.82, 2.24) is 20.1 Å². The van der Waals surface area contributed by atoms with Gasteiger partial charge in [0.15, 0.2) is 10.9 Å². The maximum Gasteiger partial charge on any atom is 0.230 e. The van der Waals surface area contributed by atoms with Crippen molar-refractivity contribution in [2.24, 2.45) is 23.7 Å². The van der Waals surface area contributed by atoms with E-state index in [1.165, 1.54) is 43.9 Å². The summed E-state index contributed by atoms with van der Waals surface area (Å²) in [4.78, 5) is 12.9. The molecular weight excluding hydrogens is 420 g/mol. The average Bonchev–Trinajstić information content (AvgIpc) is 3.45. The summed E-state index contributed by atoms with van der Waals surface area (Å²) in [6.07, 6.45) is 8.30. The molecule has 7 heteroatoms. The number of carbonyl (C=O) groups excluding carboxylic acids is 1.